The lowest BCUT2D eigenvalue weighted by atomic mass is 9.90. The van der Waals surface area contributed by atoms with Gasteiger partial charge in [0.25, 0.3) is 5.91 Å². The molecule has 1 unspecified atom stereocenters. The SMILES string of the molecule is O=C(NC1[C@@H]2CC[C@H]1CN(C(=O)C1CCOCC1)C2)c1cc(-n2cnnn2)n[nH]1. The van der Waals surface area contributed by atoms with Crippen molar-refractivity contribution in [2.24, 2.45) is 17.8 Å². The van der Waals surface area contributed by atoms with Crippen molar-refractivity contribution in [3.05, 3.63) is 18.1 Å². The molecule has 2 bridgehead atoms. The first-order valence-electron chi connectivity index (χ1n) is 10.1. The van der Waals surface area contributed by atoms with Crippen molar-refractivity contribution in [1.82, 2.24) is 40.6 Å². The zero-order valence-corrected chi connectivity index (χ0v) is 16.0. The Hall–Kier alpha value is -2.82. The Kier molecular flexibility index (Phi) is 4.74. The molecule has 3 aliphatic rings. The standard InChI is InChI=1S/C18H24N8O3/c27-17(14-7-15(22-21-14)26-10-19-23-24-26)20-16-12-1-2-13(16)9-25(8-12)18(28)11-3-5-29-6-4-11/h7,10-13,16H,1-6,8-9H2,(H,20,27)(H,21,22)/t12-,13+,16?. The van der Waals surface area contributed by atoms with Crippen LogP contribution in [-0.2, 0) is 9.53 Å². The third-order valence-corrected chi connectivity index (χ3v) is 6.41. The van der Waals surface area contributed by atoms with Gasteiger partial charge in [0.1, 0.15) is 12.0 Å². The molecular weight excluding hydrogens is 376 g/mol. The van der Waals surface area contributed by atoms with E-state index in [9.17, 15) is 9.59 Å². The van der Waals surface area contributed by atoms with Gasteiger partial charge >= 0.3 is 0 Å². The maximum Gasteiger partial charge on any atom is 0.269 e. The zero-order chi connectivity index (χ0) is 19.8. The number of hydrogen-bond acceptors (Lipinski definition) is 7. The van der Waals surface area contributed by atoms with Gasteiger partial charge in [-0.05, 0) is 47.9 Å². The van der Waals surface area contributed by atoms with Gasteiger partial charge in [-0.25, -0.2) is 0 Å². The number of H-pyrrole nitrogens is 1. The van der Waals surface area contributed by atoms with E-state index in [4.69, 9.17) is 4.74 Å². The van der Waals surface area contributed by atoms with Gasteiger partial charge < -0.3 is 15.0 Å². The Morgan fingerprint density at radius 2 is 1.90 bits per heavy atom. The summed E-state index contributed by atoms with van der Waals surface area (Å²) in [5, 5.41) is 20.9. The number of carbonyl (C=O) groups excluding carboxylic acids is 2. The van der Waals surface area contributed by atoms with Crippen molar-refractivity contribution in [3.8, 4) is 5.82 Å². The molecule has 1 aliphatic carbocycles. The summed E-state index contributed by atoms with van der Waals surface area (Å²) in [6.45, 7) is 2.78. The second-order valence-corrected chi connectivity index (χ2v) is 8.12. The summed E-state index contributed by atoms with van der Waals surface area (Å²) < 4.78 is 6.77. The van der Waals surface area contributed by atoms with Crippen LogP contribution in [0.1, 0.15) is 36.2 Å². The van der Waals surface area contributed by atoms with Crippen LogP contribution in [0.15, 0.2) is 12.4 Å². The van der Waals surface area contributed by atoms with Crippen molar-refractivity contribution in [1.29, 1.82) is 0 Å². The molecule has 154 valence electrons. The van der Waals surface area contributed by atoms with Crippen LogP contribution < -0.4 is 5.32 Å². The predicted molar refractivity (Wildman–Crippen MR) is 98.9 cm³/mol. The largest absolute Gasteiger partial charge is 0.381 e. The first-order chi connectivity index (χ1) is 14.2. The monoisotopic (exact) mass is 400 g/mol. The molecule has 5 rings (SSSR count). The van der Waals surface area contributed by atoms with Crippen LogP contribution >= 0.6 is 0 Å². The molecule has 29 heavy (non-hydrogen) atoms. The Morgan fingerprint density at radius 3 is 2.59 bits per heavy atom. The molecule has 2 aromatic rings. The van der Waals surface area contributed by atoms with Gasteiger partial charge in [0.15, 0.2) is 5.82 Å². The molecule has 4 heterocycles. The summed E-state index contributed by atoms with van der Waals surface area (Å²) in [5.74, 6) is 1.20. The number of likely N-dealkylation sites (tertiary alicyclic amines) is 1. The lowest BCUT2D eigenvalue weighted by Crippen LogP contribution is -2.55. The minimum absolute atomic E-state index is 0.0843. The number of nitrogens with one attached hydrogen (secondary N) is 2. The summed E-state index contributed by atoms with van der Waals surface area (Å²) in [6, 6.07) is 1.71. The number of tetrazole rings is 1. The summed E-state index contributed by atoms with van der Waals surface area (Å²) >= 11 is 0. The van der Waals surface area contributed by atoms with Gasteiger partial charge in [-0.3, -0.25) is 14.7 Å². The van der Waals surface area contributed by atoms with Crippen LogP contribution in [-0.4, -0.2) is 79.5 Å². The Balaban J connectivity index is 1.22. The Labute approximate surface area is 167 Å². The normalized spacial score (nSPS) is 27.2. The average molecular weight is 400 g/mol. The van der Waals surface area contributed by atoms with Gasteiger partial charge in [0.2, 0.25) is 5.91 Å². The maximum absolute atomic E-state index is 12.9. The lowest BCUT2D eigenvalue weighted by Gasteiger charge is -2.40. The summed E-state index contributed by atoms with van der Waals surface area (Å²) in [5.41, 5.74) is 0.371. The quantitative estimate of drug-likeness (QED) is 0.725. The van der Waals surface area contributed by atoms with E-state index in [1.807, 2.05) is 4.90 Å². The topological polar surface area (TPSA) is 131 Å². The van der Waals surface area contributed by atoms with E-state index in [-0.39, 0.29) is 23.8 Å². The van der Waals surface area contributed by atoms with Crippen LogP contribution in [0, 0.1) is 17.8 Å². The van der Waals surface area contributed by atoms with Crippen molar-refractivity contribution in [2.45, 2.75) is 31.7 Å². The van der Waals surface area contributed by atoms with Crippen LogP contribution in [0.2, 0.25) is 0 Å². The van der Waals surface area contributed by atoms with Crippen molar-refractivity contribution in [3.63, 3.8) is 0 Å². The average Bonchev–Trinajstić information content (AvgIpc) is 3.48. The second-order valence-electron chi connectivity index (χ2n) is 8.12. The van der Waals surface area contributed by atoms with E-state index < -0.39 is 0 Å². The summed E-state index contributed by atoms with van der Waals surface area (Å²) in [6.07, 6.45) is 5.11. The minimum Gasteiger partial charge on any atom is -0.381 e. The highest BCUT2D eigenvalue weighted by Crippen LogP contribution is 2.38. The highest BCUT2D eigenvalue weighted by Gasteiger charge is 2.45. The fourth-order valence-electron chi connectivity index (χ4n) is 4.88. The molecule has 0 spiro atoms. The van der Waals surface area contributed by atoms with E-state index in [1.54, 1.807) is 6.07 Å². The number of piperidine rings is 1. The molecule has 0 aromatic carbocycles. The van der Waals surface area contributed by atoms with Crippen molar-refractivity contribution < 1.29 is 14.3 Å². The van der Waals surface area contributed by atoms with Crippen molar-refractivity contribution in [2.75, 3.05) is 26.3 Å². The number of fused-ring (bicyclic) bond motifs is 2. The number of amides is 2. The number of aromatic amines is 1. The molecular formula is C18H24N8O3. The molecule has 1 saturated carbocycles. The van der Waals surface area contributed by atoms with Gasteiger partial charge in [0.05, 0.1) is 0 Å². The Bertz CT molecular complexity index is 862. The summed E-state index contributed by atoms with van der Waals surface area (Å²) in [7, 11) is 0. The molecule has 3 fully saturated rings. The summed E-state index contributed by atoms with van der Waals surface area (Å²) in [4.78, 5) is 27.6. The van der Waals surface area contributed by atoms with Crippen molar-refractivity contribution >= 4 is 11.8 Å². The van der Waals surface area contributed by atoms with Gasteiger partial charge in [0, 0.05) is 44.3 Å². The first kappa shape index (κ1) is 18.2. The second kappa shape index (κ2) is 7.54. The number of ether oxygens (including phenoxy) is 1. The number of hydrogen-bond donors (Lipinski definition) is 2. The molecule has 2 saturated heterocycles. The lowest BCUT2D eigenvalue weighted by molar-refractivity contribution is -0.141. The molecule has 11 nitrogen and oxygen atoms in total. The van der Waals surface area contributed by atoms with E-state index in [0.29, 0.717) is 36.6 Å². The molecule has 3 atom stereocenters. The molecule has 11 heteroatoms. The third kappa shape index (κ3) is 3.50. The Morgan fingerprint density at radius 1 is 1.14 bits per heavy atom. The minimum atomic E-state index is -0.192. The molecule has 2 N–H and O–H groups in total. The molecule has 2 amide bonds. The number of carbonyl (C=O) groups is 2. The van der Waals surface area contributed by atoms with Crippen LogP contribution in [0.4, 0.5) is 0 Å². The number of aromatic nitrogens is 6. The smallest absolute Gasteiger partial charge is 0.269 e. The number of nitrogens with zero attached hydrogens (tertiary/aromatic N) is 6. The number of rotatable bonds is 4. The highest BCUT2D eigenvalue weighted by atomic mass is 16.5. The van der Waals surface area contributed by atoms with Gasteiger partial charge in [-0.15, -0.1) is 5.10 Å². The molecule has 0 radical (unpaired) electrons. The van der Waals surface area contributed by atoms with E-state index in [0.717, 1.165) is 38.8 Å². The molecule has 2 aromatic heterocycles. The van der Waals surface area contributed by atoms with E-state index in [1.165, 1.54) is 11.0 Å². The van der Waals surface area contributed by atoms with Gasteiger partial charge in [-0.2, -0.15) is 9.78 Å². The third-order valence-electron chi connectivity index (χ3n) is 6.41. The first-order valence-corrected chi connectivity index (χ1v) is 10.1. The van der Waals surface area contributed by atoms with Crippen LogP contribution in [0.25, 0.3) is 5.82 Å². The maximum atomic E-state index is 12.9. The molecule has 2 aliphatic heterocycles. The fourth-order valence-corrected chi connectivity index (χ4v) is 4.88. The van der Waals surface area contributed by atoms with Crippen LogP contribution in [0.5, 0.6) is 0 Å². The zero-order valence-electron chi connectivity index (χ0n) is 16.0. The van der Waals surface area contributed by atoms with E-state index in [2.05, 4.69) is 31.0 Å². The predicted octanol–water partition coefficient (Wildman–Crippen LogP) is -0.221. The highest BCUT2D eigenvalue weighted by molar-refractivity contribution is 5.93. The van der Waals surface area contributed by atoms with E-state index >= 15 is 0 Å². The van der Waals surface area contributed by atoms with Crippen LogP contribution in [0.3, 0.4) is 0 Å². The van der Waals surface area contributed by atoms with Gasteiger partial charge in [-0.1, -0.05) is 0 Å². The fraction of sp³-hybridized carbons (Fsp3) is 0.667.